The highest BCUT2D eigenvalue weighted by Gasteiger charge is 2.33. The van der Waals surface area contributed by atoms with Crippen LogP contribution in [-0.2, 0) is 11.0 Å². The number of halogens is 3. The molecule has 0 atom stereocenters. The Morgan fingerprint density at radius 1 is 1.38 bits per heavy atom. The lowest BCUT2D eigenvalue weighted by molar-refractivity contribution is -0.136. The number of alkyl halides is 3. The van der Waals surface area contributed by atoms with Gasteiger partial charge in [0.1, 0.15) is 11.4 Å². The summed E-state index contributed by atoms with van der Waals surface area (Å²) in [6.45, 7) is -0.627. The molecule has 4 nitrogen and oxygen atoms in total. The number of carbonyl (C=O) groups is 2. The van der Waals surface area contributed by atoms with Crippen LogP contribution in [0, 0.1) is 0 Å². The highest BCUT2D eigenvalue weighted by Crippen LogP contribution is 2.34. The summed E-state index contributed by atoms with van der Waals surface area (Å²) in [5.41, 5.74) is 0. The number of thiophene rings is 1. The zero-order valence-electron chi connectivity index (χ0n) is 7.67. The van der Waals surface area contributed by atoms with Crippen molar-refractivity contribution in [3.8, 4) is 0 Å². The number of hydrogen-bond donors (Lipinski definition) is 2. The molecule has 0 saturated carbocycles. The second kappa shape index (κ2) is 4.52. The fourth-order valence-corrected chi connectivity index (χ4v) is 1.64. The van der Waals surface area contributed by atoms with E-state index in [1.54, 1.807) is 0 Å². The molecule has 88 valence electrons. The van der Waals surface area contributed by atoms with Gasteiger partial charge in [-0.3, -0.25) is 9.59 Å². The smallest absolute Gasteiger partial charge is 0.425 e. The molecule has 0 aromatic carbocycles. The summed E-state index contributed by atoms with van der Waals surface area (Å²) in [4.78, 5) is 20.2. The largest absolute Gasteiger partial charge is 0.480 e. The van der Waals surface area contributed by atoms with Gasteiger partial charge in [0.15, 0.2) is 0 Å². The molecular formula is C8H6F3NO3S. The van der Waals surface area contributed by atoms with Gasteiger partial charge in [-0.15, -0.1) is 11.3 Å². The zero-order chi connectivity index (χ0) is 12.3. The van der Waals surface area contributed by atoms with Crippen LogP contribution < -0.4 is 5.32 Å². The van der Waals surface area contributed by atoms with Crippen molar-refractivity contribution >= 4 is 23.2 Å². The molecule has 1 rings (SSSR count). The van der Waals surface area contributed by atoms with Crippen LogP contribution in [0.5, 0.6) is 0 Å². The first-order chi connectivity index (χ1) is 7.30. The first-order valence-electron chi connectivity index (χ1n) is 3.97. The van der Waals surface area contributed by atoms with E-state index in [-0.39, 0.29) is 16.2 Å². The summed E-state index contributed by atoms with van der Waals surface area (Å²) in [6.07, 6.45) is -4.49. The molecule has 1 aromatic heterocycles. The zero-order valence-corrected chi connectivity index (χ0v) is 8.48. The minimum absolute atomic E-state index is 0.173. The fraction of sp³-hybridized carbons (Fsp3) is 0.250. The predicted molar refractivity (Wildman–Crippen MR) is 49.3 cm³/mol. The molecule has 1 heterocycles. The first-order valence-corrected chi connectivity index (χ1v) is 4.79. The molecular weight excluding hydrogens is 247 g/mol. The SMILES string of the molecule is O=C(O)CNC(=O)c1ccc(C(F)(F)F)s1. The third kappa shape index (κ3) is 3.23. The number of amides is 1. The minimum atomic E-state index is -4.49. The quantitative estimate of drug-likeness (QED) is 0.859. The Balaban J connectivity index is 2.71. The van der Waals surface area contributed by atoms with Crippen molar-refractivity contribution in [2.45, 2.75) is 6.18 Å². The lowest BCUT2D eigenvalue weighted by Crippen LogP contribution is -2.28. The molecule has 0 saturated heterocycles. The third-order valence-electron chi connectivity index (χ3n) is 1.51. The summed E-state index contributed by atoms with van der Waals surface area (Å²) >= 11 is 0.270. The molecule has 1 aromatic rings. The maximum absolute atomic E-state index is 12.2. The van der Waals surface area contributed by atoms with Crippen molar-refractivity contribution in [2.75, 3.05) is 6.54 Å². The second-order valence-electron chi connectivity index (χ2n) is 2.74. The van der Waals surface area contributed by atoms with Gasteiger partial charge in [-0.1, -0.05) is 0 Å². The van der Waals surface area contributed by atoms with Crippen LogP contribution in [0.3, 0.4) is 0 Å². The summed E-state index contributed by atoms with van der Waals surface area (Å²) in [5, 5.41) is 10.2. The van der Waals surface area contributed by atoms with Crippen molar-refractivity contribution in [2.24, 2.45) is 0 Å². The number of carboxylic acids is 1. The third-order valence-corrected chi connectivity index (χ3v) is 2.64. The van der Waals surface area contributed by atoms with E-state index < -0.39 is 29.5 Å². The monoisotopic (exact) mass is 253 g/mol. The van der Waals surface area contributed by atoms with Gasteiger partial charge in [0.2, 0.25) is 0 Å². The Bertz CT molecular complexity index is 413. The topological polar surface area (TPSA) is 66.4 Å². The predicted octanol–water partition coefficient (Wildman–Crippen LogP) is 1.58. The Kier molecular flexibility index (Phi) is 3.53. The summed E-state index contributed by atoms with van der Waals surface area (Å²) in [7, 11) is 0. The Morgan fingerprint density at radius 3 is 2.44 bits per heavy atom. The van der Waals surface area contributed by atoms with E-state index in [9.17, 15) is 22.8 Å². The summed E-state index contributed by atoms with van der Waals surface area (Å²) < 4.78 is 36.5. The summed E-state index contributed by atoms with van der Waals surface area (Å²) in [5.74, 6) is -2.09. The van der Waals surface area contributed by atoms with Gasteiger partial charge < -0.3 is 10.4 Å². The van der Waals surface area contributed by atoms with Crippen molar-refractivity contribution in [3.63, 3.8) is 0 Å². The molecule has 0 spiro atoms. The molecule has 16 heavy (non-hydrogen) atoms. The van der Waals surface area contributed by atoms with E-state index in [1.165, 1.54) is 0 Å². The fourth-order valence-electron chi connectivity index (χ4n) is 0.855. The molecule has 0 aliphatic rings. The highest BCUT2D eigenvalue weighted by molar-refractivity contribution is 7.14. The Labute approximate surface area is 91.7 Å². The van der Waals surface area contributed by atoms with E-state index in [1.807, 2.05) is 5.32 Å². The van der Waals surface area contributed by atoms with E-state index in [0.29, 0.717) is 0 Å². The van der Waals surface area contributed by atoms with Crippen LogP contribution in [0.25, 0.3) is 0 Å². The van der Waals surface area contributed by atoms with Gasteiger partial charge in [0, 0.05) is 0 Å². The minimum Gasteiger partial charge on any atom is -0.480 e. The molecule has 0 aliphatic carbocycles. The van der Waals surface area contributed by atoms with Gasteiger partial charge in [-0.25, -0.2) is 0 Å². The summed E-state index contributed by atoms with van der Waals surface area (Å²) in [6, 6.07) is 1.78. The molecule has 0 fully saturated rings. The van der Waals surface area contributed by atoms with Crippen LogP contribution in [0.15, 0.2) is 12.1 Å². The molecule has 0 bridgehead atoms. The van der Waals surface area contributed by atoms with Crippen LogP contribution in [-0.4, -0.2) is 23.5 Å². The van der Waals surface area contributed by atoms with E-state index in [2.05, 4.69) is 0 Å². The standard InChI is InChI=1S/C8H6F3NO3S/c9-8(10,11)5-2-1-4(16-5)7(15)12-3-6(13)14/h1-2H,3H2,(H,12,15)(H,13,14). The van der Waals surface area contributed by atoms with Crippen molar-refractivity contribution in [1.29, 1.82) is 0 Å². The van der Waals surface area contributed by atoms with E-state index in [0.717, 1.165) is 12.1 Å². The van der Waals surface area contributed by atoms with Gasteiger partial charge in [-0.2, -0.15) is 13.2 Å². The average molecular weight is 253 g/mol. The molecule has 8 heteroatoms. The number of aliphatic carboxylic acids is 1. The highest BCUT2D eigenvalue weighted by atomic mass is 32.1. The molecule has 0 unspecified atom stereocenters. The van der Waals surface area contributed by atoms with E-state index in [4.69, 9.17) is 5.11 Å². The molecule has 1 amide bonds. The lowest BCUT2D eigenvalue weighted by Gasteiger charge is -2.01. The van der Waals surface area contributed by atoms with Crippen LogP contribution in [0.1, 0.15) is 14.5 Å². The number of carboxylic acid groups (broad SMARTS) is 1. The number of carbonyl (C=O) groups excluding carboxylic acids is 1. The van der Waals surface area contributed by atoms with Gasteiger partial charge in [0.05, 0.1) is 4.88 Å². The Hall–Kier alpha value is -1.57. The van der Waals surface area contributed by atoms with E-state index >= 15 is 0 Å². The van der Waals surface area contributed by atoms with Crippen molar-refractivity contribution < 1.29 is 27.9 Å². The number of nitrogens with one attached hydrogen (secondary N) is 1. The number of hydrogen-bond acceptors (Lipinski definition) is 3. The maximum Gasteiger partial charge on any atom is 0.425 e. The second-order valence-corrected chi connectivity index (χ2v) is 3.82. The molecule has 2 N–H and O–H groups in total. The van der Waals surface area contributed by atoms with Crippen LogP contribution in [0.2, 0.25) is 0 Å². The van der Waals surface area contributed by atoms with Gasteiger partial charge >= 0.3 is 12.1 Å². The Morgan fingerprint density at radius 2 is 2.00 bits per heavy atom. The van der Waals surface area contributed by atoms with Crippen molar-refractivity contribution in [3.05, 3.63) is 21.9 Å². The van der Waals surface area contributed by atoms with Gasteiger partial charge in [0.25, 0.3) is 5.91 Å². The first kappa shape index (κ1) is 12.5. The number of rotatable bonds is 3. The maximum atomic E-state index is 12.2. The van der Waals surface area contributed by atoms with Crippen molar-refractivity contribution in [1.82, 2.24) is 5.32 Å². The average Bonchev–Trinajstić information content (AvgIpc) is 2.61. The molecule has 0 aliphatic heterocycles. The molecule has 0 radical (unpaired) electrons. The normalized spacial score (nSPS) is 11.2. The van der Waals surface area contributed by atoms with Crippen LogP contribution >= 0.6 is 11.3 Å². The lowest BCUT2D eigenvalue weighted by atomic mass is 10.4. The van der Waals surface area contributed by atoms with Crippen LogP contribution in [0.4, 0.5) is 13.2 Å². The van der Waals surface area contributed by atoms with Gasteiger partial charge in [-0.05, 0) is 12.1 Å².